The summed E-state index contributed by atoms with van der Waals surface area (Å²) in [7, 11) is -4.59. The van der Waals surface area contributed by atoms with Crippen molar-refractivity contribution in [3.8, 4) is 0 Å². The van der Waals surface area contributed by atoms with Gasteiger partial charge in [0, 0.05) is 0 Å². The van der Waals surface area contributed by atoms with E-state index in [1.807, 2.05) is 12.1 Å². The van der Waals surface area contributed by atoms with Crippen LogP contribution in [-0.2, 0) is 6.42 Å². The Bertz CT molecular complexity index is 332. The molecule has 1 aromatic carbocycles. The third-order valence-corrected chi connectivity index (χ3v) is 3.92. The van der Waals surface area contributed by atoms with Gasteiger partial charge in [0.05, 0.1) is 0 Å². The summed E-state index contributed by atoms with van der Waals surface area (Å²) < 4.78 is 0. The van der Waals surface area contributed by atoms with Crippen LogP contribution in [0.15, 0.2) is 24.3 Å². The molecular formula is C11H19O3P. The van der Waals surface area contributed by atoms with Crippen molar-refractivity contribution in [2.45, 2.75) is 26.2 Å². The summed E-state index contributed by atoms with van der Waals surface area (Å²) >= 11 is 0. The average Bonchev–Trinajstić information content (AvgIpc) is 2.12. The van der Waals surface area contributed by atoms with Crippen LogP contribution in [0.25, 0.3) is 0 Å². The Labute approximate surface area is 90.6 Å². The second-order valence-electron chi connectivity index (χ2n) is 4.12. The standard InChI is InChI=1S/C11H19O3P/c1-3-4-7-10-8-5-6-9-11(10)15(2,12,13)14/h5-6,8-9,12-14H,3-4,7H2,1-2H3. The second-order valence-corrected chi connectivity index (χ2v) is 7.39. The summed E-state index contributed by atoms with van der Waals surface area (Å²) in [6, 6.07) is 6.97. The molecule has 3 nitrogen and oxygen atoms in total. The zero-order valence-corrected chi connectivity index (χ0v) is 10.1. The zero-order chi connectivity index (χ0) is 11.6. The average molecular weight is 230 g/mol. The summed E-state index contributed by atoms with van der Waals surface area (Å²) in [4.78, 5) is 29.0. The van der Waals surface area contributed by atoms with E-state index in [2.05, 4.69) is 6.92 Å². The van der Waals surface area contributed by atoms with Crippen LogP contribution in [0.3, 0.4) is 0 Å². The Morgan fingerprint density at radius 3 is 2.27 bits per heavy atom. The fourth-order valence-corrected chi connectivity index (χ4v) is 2.89. The fourth-order valence-electron chi connectivity index (χ4n) is 1.60. The van der Waals surface area contributed by atoms with E-state index in [1.54, 1.807) is 12.1 Å². The van der Waals surface area contributed by atoms with E-state index in [1.165, 1.54) is 0 Å². The van der Waals surface area contributed by atoms with Gasteiger partial charge in [-0.25, -0.2) is 0 Å². The van der Waals surface area contributed by atoms with Crippen LogP contribution in [0.2, 0.25) is 0 Å². The molecule has 0 spiro atoms. The van der Waals surface area contributed by atoms with Crippen molar-refractivity contribution in [3.05, 3.63) is 29.8 Å². The van der Waals surface area contributed by atoms with E-state index in [0.717, 1.165) is 31.5 Å². The van der Waals surface area contributed by atoms with Gasteiger partial charge in [-0.2, -0.15) is 0 Å². The molecule has 0 saturated heterocycles. The fraction of sp³-hybridized carbons (Fsp3) is 0.455. The molecule has 15 heavy (non-hydrogen) atoms. The minimum atomic E-state index is -4.59. The molecule has 0 atom stereocenters. The molecule has 0 unspecified atom stereocenters. The van der Waals surface area contributed by atoms with E-state index in [-0.39, 0.29) is 5.30 Å². The molecule has 0 bridgehead atoms. The van der Waals surface area contributed by atoms with Crippen molar-refractivity contribution in [3.63, 3.8) is 0 Å². The molecular weight excluding hydrogens is 211 g/mol. The Hall–Kier alpha value is -0.470. The monoisotopic (exact) mass is 230 g/mol. The van der Waals surface area contributed by atoms with Crippen LogP contribution in [0.5, 0.6) is 0 Å². The predicted octanol–water partition coefficient (Wildman–Crippen LogP) is 1.56. The van der Waals surface area contributed by atoms with Crippen LogP contribution in [-0.4, -0.2) is 21.3 Å². The molecule has 1 aromatic rings. The van der Waals surface area contributed by atoms with Gasteiger partial charge in [0.2, 0.25) is 0 Å². The van der Waals surface area contributed by atoms with E-state index in [4.69, 9.17) is 0 Å². The number of benzene rings is 1. The van der Waals surface area contributed by atoms with Crippen LogP contribution < -0.4 is 5.30 Å². The summed E-state index contributed by atoms with van der Waals surface area (Å²) in [5, 5.41) is 0.289. The molecule has 0 heterocycles. The van der Waals surface area contributed by atoms with Gasteiger partial charge in [-0.15, -0.1) is 0 Å². The van der Waals surface area contributed by atoms with Crippen LogP contribution in [0, 0.1) is 0 Å². The summed E-state index contributed by atoms with van der Waals surface area (Å²) in [5.74, 6) is 0. The van der Waals surface area contributed by atoms with Gasteiger partial charge < -0.3 is 0 Å². The molecule has 0 amide bonds. The SMILES string of the molecule is CCCCc1ccccc1P(C)(O)(O)O. The maximum atomic E-state index is 9.68. The number of rotatable bonds is 4. The molecule has 4 heteroatoms. The van der Waals surface area contributed by atoms with Gasteiger partial charge in [-0.05, 0) is 0 Å². The van der Waals surface area contributed by atoms with Gasteiger partial charge in [0.15, 0.2) is 0 Å². The first-order valence-corrected chi connectivity index (χ1v) is 7.70. The molecule has 0 saturated carbocycles. The number of aryl methyl sites for hydroxylation is 1. The second kappa shape index (κ2) is 4.18. The Kier molecular flexibility index (Phi) is 3.51. The minimum absolute atomic E-state index is 0.289. The molecule has 0 aliphatic carbocycles. The van der Waals surface area contributed by atoms with Gasteiger partial charge in [-0.1, -0.05) is 0 Å². The van der Waals surface area contributed by atoms with Crippen molar-refractivity contribution in [1.29, 1.82) is 0 Å². The maximum absolute atomic E-state index is 9.68. The molecule has 0 radical (unpaired) electrons. The van der Waals surface area contributed by atoms with Gasteiger partial charge in [-0.3, -0.25) is 0 Å². The van der Waals surface area contributed by atoms with Crippen molar-refractivity contribution >= 4 is 12.6 Å². The quantitative estimate of drug-likeness (QED) is 0.688. The molecule has 0 aliphatic rings. The third-order valence-electron chi connectivity index (χ3n) is 2.36. The molecule has 0 aromatic heterocycles. The van der Waals surface area contributed by atoms with Crippen LogP contribution in [0.4, 0.5) is 0 Å². The summed E-state index contributed by atoms with van der Waals surface area (Å²) in [6.07, 6.45) is 2.78. The van der Waals surface area contributed by atoms with Crippen LogP contribution >= 0.6 is 7.28 Å². The molecule has 1 rings (SSSR count). The summed E-state index contributed by atoms with van der Waals surface area (Å²) in [5.41, 5.74) is 0.826. The van der Waals surface area contributed by atoms with E-state index >= 15 is 0 Å². The van der Waals surface area contributed by atoms with Crippen LogP contribution in [0.1, 0.15) is 25.3 Å². The number of hydrogen-bond donors (Lipinski definition) is 3. The Morgan fingerprint density at radius 2 is 1.73 bits per heavy atom. The Balaban J connectivity index is 3.07. The van der Waals surface area contributed by atoms with E-state index < -0.39 is 7.28 Å². The molecule has 0 fully saturated rings. The number of hydrogen-bond acceptors (Lipinski definition) is 3. The first kappa shape index (κ1) is 12.6. The Morgan fingerprint density at radius 1 is 1.13 bits per heavy atom. The van der Waals surface area contributed by atoms with Gasteiger partial charge in [0.1, 0.15) is 0 Å². The zero-order valence-electron chi connectivity index (χ0n) is 9.22. The first-order valence-electron chi connectivity index (χ1n) is 5.16. The summed E-state index contributed by atoms with van der Waals surface area (Å²) in [6.45, 7) is 3.18. The van der Waals surface area contributed by atoms with Crippen molar-refractivity contribution in [2.75, 3.05) is 6.66 Å². The van der Waals surface area contributed by atoms with Crippen molar-refractivity contribution in [1.82, 2.24) is 0 Å². The van der Waals surface area contributed by atoms with Gasteiger partial charge >= 0.3 is 89.9 Å². The molecule has 3 N–H and O–H groups in total. The van der Waals surface area contributed by atoms with Crippen molar-refractivity contribution in [2.24, 2.45) is 0 Å². The van der Waals surface area contributed by atoms with Crippen molar-refractivity contribution < 1.29 is 14.7 Å². The normalized spacial score (nSPS) is 14.6. The van der Waals surface area contributed by atoms with Gasteiger partial charge in [0.25, 0.3) is 0 Å². The number of unbranched alkanes of at least 4 members (excludes halogenated alkanes) is 1. The molecule has 86 valence electrons. The predicted molar refractivity (Wildman–Crippen MR) is 64.2 cm³/mol. The molecule has 0 aliphatic heterocycles. The first-order chi connectivity index (χ1) is 6.81. The van der Waals surface area contributed by atoms with E-state index in [0.29, 0.717) is 0 Å². The van der Waals surface area contributed by atoms with E-state index in [9.17, 15) is 14.7 Å². The topological polar surface area (TPSA) is 60.7 Å². The third kappa shape index (κ3) is 3.54.